The Hall–Kier alpha value is -1.32. The number of rotatable bonds is 5. The minimum absolute atomic E-state index is 0.291. The predicted octanol–water partition coefficient (Wildman–Crippen LogP) is 2.42. The summed E-state index contributed by atoms with van der Waals surface area (Å²) < 4.78 is 73.6. The maximum absolute atomic E-state index is 13.8. The van der Waals surface area contributed by atoms with Gasteiger partial charge < -0.3 is 23.4 Å². The average Bonchev–Trinajstić information content (AvgIpc) is 2.45. The van der Waals surface area contributed by atoms with Crippen LogP contribution in [0.5, 0.6) is 0 Å². The largest absolute Gasteiger partial charge is 0.454 e. The zero-order valence-corrected chi connectivity index (χ0v) is 14.3. The van der Waals surface area contributed by atoms with Gasteiger partial charge in [0.05, 0.1) is 20.3 Å². The quantitative estimate of drug-likeness (QED) is 0.700. The van der Waals surface area contributed by atoms with Gasteiger partial charge in [0, 0.05) is 14.1 Å². The van der Waals surface area contributed by atoms with E-state index in [0.717, 1.165) is 12.0 Å². The summed E-state index contributed by atoms with van der Waals surface area (Å²) in [4.78, 5) is 7.82. The second-order valence-electron chi connectivity index (χ2n) is 4.44. The van der Waals surface area contributed by atoms with Crippen LogP contribution in [0.4, 0.5) is 13.2 Å². The van der Waals surface area contributed by atoms with Gasteiger partial charge in [-0.2, -0.15) is 23.2 Å². The molecule has 12 heteroatoms. The molecule has 0 saturated carbocycles. The van der Waals surface area contributed by atoms with Gasteiger partial charge in [0.1, 0.15) is 0 Å². The van der Waals surface area contributed by atoms with Crippen molar-refractivity contribution in [2.75, 3.05) is 34.4 Å². The first kappa shape index (κ1) is 19.7. The summed E-state index contributed by atoms with van der Waals surface area (Å²) in [5, 5.41) is -3.50. The van der Waals surface area contributed by atoms with Crippen LogP contribution in [0, 0.1) is 0 Å². The lowest BCUT2D eigenvalue weighted by Gasteiger charge is -2.36. The van der Waals surface area contributed by atoms with Crippen molar-refractivity contribution in [2.24, 2.45) is 9.98 Å². The fourth-order valence-electron chi connectivity index (χ4n) is 1.65. The molecular formula is C11H19F3N3O5P. The van der Waals surface area contributed by atoms with Crippen molar-refractivity contribution in [1.82, 2.24) is 4.90 Å². The predicted molar refractivity (Wildman–Crippen MR) is 76.3 cm³/mol. The number of ether oxygens (including phenoxy) is 2. The van der Waals surface area contributed by atoms with E-state index in [-0.39, 0.29) is 13.2 Å². The summed E-state index contributed by atoms with van der Waals surface area (Å²) in [6.45, 7) is 2.18. The number of amidine groups is 1. The Morgan fingerprint density at radius 2 is 1.74 bits per heavy atom. The lowest BCUT2D eigenvalue weighted by Crippen LogP contribution is -2.49. The van der Waals surface area contributed by atoms with Crippen LogP contribution in [-0.2, 0) is 23.1 Å². The molecule has 0 aromatic heterocycles. The summed E-state index contributed by atoms with van der Waals surface area (Å²) in [7, 11) is -1.01. The molecule has 1 atom stereocenters. The molecule has 0 N–H and O–H groups in total. The lowest BCUT2D eigenvalue weighted by molar-refractivity contribution is -0.166. The van der Waals surface area contributed by atoms with Crippen LogP contribution < -0.4 is 0 Å². The Kier molecular flexibility index (Phi) is 6.06. The van der Waals surface area contributed by atoms with E-state index in [1.807, 2.05) is 0 Å². The van der Waals surface area contributed by atoms with Gasteiger partial charge in [0.25, 0.3) is 6.02 Å². The third kappa shape index (κ3) is 3.61. The highest BCUT2D eigenvalue weighted by Gasteiger charge is 2.72. The third-order valence-electron chi connectivity index (χ3n) is 2.59. The Labute approximate surface area is 131 Å². The average molecular weight is 361 g/mol. The smallest absolute Gasteiger partial charge is 0.447 e. The molecule has 0 radical (unpaired) electrons. The highest BCUT2D eigenvalue weighted by Crippen LogP contribution is 2.67. The first-order valence-electron chi connectivity index (χ1n) is 6.61. The number of hydrogen-bond acceptors (Lipinski definition) is 8. The number of methoxy groups -OCH3 is 1. The molecule has 0 spiro atoms. The molecule has 23 heavy (non-hydrogen) atoms. The maximum atomic E-state index is 13.8. The Morgan fingerprint density at radius 3 is 2.09 bits per heavy atom. The molecule has 1 aliphatic rings. The molecule has 0 saturated heterocycles. The summed E-state index contributed by atoms with van der Waals surface area (Å²) in [6, 6.07) is -0.492. The van der Waals surface area contributed by atoms with Crippen molar-refractivity contribution >= 4 is 19.7 Å². The van der Waals surface area contributed by atoms with E-state index in [0.29, 0.717) is 0 Å². The van der Waals surface area contributed by atoms with Crippen molar-refractivity contribution in [3.8, 4) is 0 Å². The van der Waals surface area contributed by atoms with Gasteiger partial charge in [-0.25, -0.2) is 0 Å². The zero-order valence-electron chi connectivity index (χ0n) is 13.4. The standard InChI is InChI=1S/C11H19F3N3O5P/c1-6-20-23(18,21-7-2)11(10(12,13)14)15-8(17(3)4)22-9(16-11)19-5/h6-7H2,1-5H3. The molecule has 1 unspecified atom stereocenters. The normalized spacial score (nSPS) is 22.1. The molecule has 0 aliphatic carbocycles. The van der Waals surface area contributed by atoms with Gasteiger partial charge in [-0.05, 0) is 13.8 Å². The van der Waals surface area contributed by atoms with Crippen LogP contribution in [0.3, 0.4) is 0 Å². The number of aliphatic imine (C=N–C) groups is 2. The zero-order chi connectivity index (χ0) is 17.9. The van der Waals surface area contributed by atoms with Gasteiger partial charge in [-0.3, -0.25) is 4.57 Å². The third-order valence-corrected chi connectivity index (χ3v) is 5.01. The first-order chi connectivity index (χ1) is 10.6. The van der Waals surface area contributed by atoms with E-state index in [4.69, 9.17) is 13.8 Å². The molecule has 1 heterocycles. The van der Waals surface area contributed by atoms with Gasteiger partial charge in [0.15, 0.2) is 0 Å². The molecule has 1 rings (SSSR count). The number of alkyl halides is 3. The van der Waals surface area contributed by atoms with Crippen molar-refractivity contribution in [3.63, 3.8) is 0 Å². The summed E-state index contributed by atoms with van der Waals surface area (Å²) in [6.07, 6.45) is -5.93. The minimum Gasteiger partial charge on any atom is -0.454 e. The Balaban J connectivity index is 3.67. The highest BCUT2D eigenvalue weighted by molar-refractivity contribution is 7.55. The topological polar surface area (TPSA) is 82.0 Å². The van der Waals surface area contributed by atoms with Crippen molar-refractivity contribution in [1.29, 1.82) is 0 Å². The molecule has 0 fully saturated rings. The molecule has 0 amide bonds. The Morgan fingerprint density at radius 1 is 1.22 bits per heavy atom. The highest BCUT2D eigenvalue weighted by atomic mass is 31.2. The van der Waals surface area contributed by atoms with Crippen molar-refractivity contribution in [3.05, 3.63) is 0 Å². The first-order valence-corrected chi connectivity index (χ1v) is 8.16. The monoisotopic (exact) mass is 361 g/mol. The molecule has 8 nitrogen and oxygen atoms in total. The lowest BCUT2D eigenvalue weighted by atomic mass is 10.5. The van der Waals surface area contributed by atoms with Crippen LogP contribution in [0.2, 0.25) is 0 Å². The van der Waals surface area contributed by atoms with Crippen LogP contribution in [-0.4, -0.2) is 63.0 Å². The van der Waals surface area contributed by atoms with Crippen molar-refractivity contribution < 1.29 is 36.3 Å². The Bertz CT molecular complexity index is 527. The molecule has 0 bridgehead atoms. The van der Waals surface area contributed by atoms with Crippen LogP contribution in [0.1, 0.15) is 13.8 Å². The van der Waals surface area contributed by atoms with E-state index >= 15 is 0 Å². The van der Waals surface area contributed by atoms with E-state index < -0.39 is 31.3 Å². The SMILES string of the molecule is CCOP(=O)(OCC)C1(C(F)(F)F)N=C(OC)OC(N(C)C)=N1. The second-order valence-corrected chi connectivity index (χ2v) is 6.57. The fourth-order valence-corrected chi connectivity index (χ4v) is 3.49. The molecule has 1 aliphatic heterocycles. The van der Waals surface area contributed by atoms with Crippen LogP contribution in [0.15, 0.2) is 9.98 Å². The molecular weight excluding hydrogens is 342 g/mol. The number of nitrogens with zero attached hydrogens (tertiary/aromatic N) is 3. The fraction of sp³-hybridized carbons (Fsp3) is 0.818. The number of halogens is 3. The molecule has 0 aromatic rings. The van der Waals surface area contributed by atoms with E-state index in [2.05, 4.69) is 14.7 Å². The van der Waals surface area contributed by atoms with Crippen LogP contribution >= 0.6 is 7.60 Å². The van der Waals surface area contributed by atoms with E-state index in [9.17, 15) is 17.7 Å². The van der Waals surface area contributed by atoms with Gasteiger partial charge >= 0.3 is 25.3 Å². The van der Waals surface area contributed by atoms with Gasteiger partial charge in [0.2, 0.25) is 0 Å². The minimum atomic E-state index is -5.18. The van der Waals surface area contributed by atoms with Crippen LogP contribution in [0.25, 0.3) is 0 Å². The molecule has 0 aromatic carbocycles. The van der Waals surface area contributed by atoms with E-state index in [1.165, 1.54) is 27.9 Å². The maximum Gasteiger partial charge on any atom is 0.447 e. The number of hydrogen-bond donors (Lipinski definition) is 0. The summed E-state index contributed by atoms with van der Waals surface area (Å²) in [5.41, 5.74) is 0. The van der Waals surface area contributed by atoms with Gasteiger partial charge in [-0.15, -0.1) is 0 Å². The summed E-state index contributed by atoms with van der Waals surface area (Å²) >= 11 is 0. The van der Waals surface area contributed by atoms with Crippen molar-refractivity contribution in [2.45, 2.75) is 25.4 Å². The second kappa shape index (κ2) is 7.06. The van der Waals surface area contributed by atoms with E-state index in [1.54, 1.807) is 0 Å². The van der Waals surface area contributed by atoms with Gasteiger partial charge in [-0.1, -0.05) is 0 Å². The molecule has 134 valence electrons. The summed E-state index contributed by atoms with van der Waals surface area (Å²) in [5.74, 6) is 0.